The van der Waals surface area contributed by atoms with Gasteiger partial charge in [0, 0.05) is 12.6 Å². The van der Waals surface area contributed by atoms with Crippen molar-refractivity contribution in [1.29, 1.82) is 0 Å². The van der Waals surface area contributed by atoms with Crippen LogP contribution in [0.25, 0.3) is 0 Å². The largest absolute Gasteiger partial charge is 0.493 e. The van der Waals surface area contributed by atoms with Gasteiger partial charge in [0.05, 0.1) is 30.4 Å². The van der Waals surface area contributed by atoms with Crippen LogP contribution >= 0.6 is 0 Å². The second-order valence-corrected chi connectivity index (χ2v) is 8.14. The van der Waals surface area contributed by atoms with Gasteiger partial charge in [0.2, 0.25) is 0 Å². The van der Waals surface area contributed by atoms with E-state index in [0.717, 1.165) is 17.7 Å². The highest BCUT2D eigenvalue weighted by Crippen LogP contribution is 2.35. The molecule has 0 fully saturated rings. The van der Waals surface area contributed by atoms with E-state index in [0.29, 0.717) is 0 Å². The highest BCUT2D eigenvalue weighted by atomic mass is 32.2. The first kappa shape index (κ1) is 22.1. The van der Waals surface area contributed by atoms with Crippen molar-refractivity contribution < 1.29 is 27.1 Å². The second-order valence-electron chi connectivity index (χ2n) is 6.46. The van der Waals surface area contributed by atoms with E-state index in [-0.39, 0.29) is 34.2 Å². The zero-order valence-corrected chi connectivity index (χ0v) is 17.7. The second kappa shape index (κ2) is 9.48. The van der Waals surface area contributed by atoms with Gasteiger partial charge < -0.3 is 14.8 Å². The Kier molecular flexibility index (Phi) is 6.76. The summed E-state index contributed by atoms with van der Waals surface area (Å²) in [7, 11) is -1.55. The Balaban J connectivity index is 1.96. The minimum absolute atomic E-state index is 0.0355. The number of methoxy groups -OCH3 is 2. The fraction of sp³-hybridized carbons (Fsp3) is 0.136. The number of para-hydroxylation sites is 1. The molecule has 0 spiro atoms. The molecule has 2 N–H and O–H groups in total. The highest BCUT2D eigenvalue weighted by molar-refractivity contribution is 7.92. The van der Waals surface area contributed by atoms with E-state index in [4.69, 9.17) is 9.47 Å². The van der Waals surface area contributed by atoms with E-state index in [9.17, 15) is 17.6 Å². The lowest BCUT2D eigenvalue weighted by Gasteiger charge is -2.16. The number of carbonyl (C=O) groups is 1. The molecule has 3 rings (SSSR count). The van der Waals surface area contributed by atoms with E-state index in [2.05, 4.69) is 10.0 Å². The van der Waals surface area contributed by atoms with E-state index in [1.165, 1.54) is 38.5 Å². The zero-order chi connectivity index (χ0) is 22.4. The summed E-state index contributed by atoms with van der Waals surface area (Å²) in [5, 5.41) is 2.73. The first-order valence-corrected chi connectivity index (χ1v) is 10.7. The molecule has 0 radical (unpaired) electrons. The van der Waals surface area contributed by atoms with Gasteiger partial charge in [0.15, 0.2) is 11.5 Å². The molecule has 3 aromatic carbocycles. The van der Waals surface area contributed by atoms with Crippen LogP contribution in [0.5, 0.6) is 11.5 Å². The SMILES string of the molecule is COc1cc(S(=O)(=O)Nc2ccccc2F)cc(C(=O)NCc2ccccc2)c1OC. The lowest BCUT2D eigenvalue weighted by atomic mass is 10.1. The van der Waals surface area contributed by atoms with Crippen molar-refractivity contribution in [2.75, 3.05) is 18.9 Å². The summed E-state index contributed by atoms with van der Waals surface area (Å²) in [4.78, 5) is 12.6. The number of rotatable bonds is 8. The number of amides is 1. The molecule has 0 aromatic heterocycles. The van der Waals surface area contributed by atoms with Crippen LogP contribution in [0.2, 0.25) is 0 Å². The summed E-state index contributed by atoms with van der Waals surface area (Å²) in [5.74, 6) is -1.16. The molecule has 162 valence electrons. The Bertz CT molecular complexity index is 1180. The maximum Gasteiger partial charge on any atom is 0.262 e. The smallest absolute Gasteiger partial charge is 0.262 e. The van der Waals surface area contributed by atoms with Gasteiger partial charge >= 0.3 is 0 Å². The van der Waals surface area contributed by atoms with Crippen molar-refractivity contribution >= 4 is 21.6 Å². The van der Waals surface area contributed by atoms with Gasteiger partial charge in [0.1, 0.15) is 5.82 Å². The van der Waals surface area contributed by atoms with Gasteiger partial charge in [-0.3, -0.25) is 9.52 Å². The van der Waals surface area contributed by atoms with Crippen LogP contribution in [-0.2, 0) is 16.6 Å². The van der Waals surface area contributed by atoms with Gasteiger partial charge in [-0.1, -0.05) is 42.5 Å². The van der Waals surface area contributed by atoms with Gasteiger partial charge in [0.25, 0.3) is 15.9 Å². The molecule has 0 heterocycles. The normalized spacial score (nSPS) is 10.9. The maximum absolute atomic E-state index is 13.9. The van der Waals surface area contributed by atoms with Crippen LogP contribution in [0.3, 0.4) is 0 Å². The minimum Gasteiger partial charge on any atom is -0.493 e. The zero-order valence-electron chi connectivity index (χ0n) is 16.9. The molecule has 0 aliphatic rings. The summed E-state index contributed by atoms with van der Waals surface area (Å²) in [6.07, 6.45) is 0. The quantitative estimate of drug-likeness (QED) is 0.554. The first-order chi connectivity index (χ1) is 14.9. The minimum atomic E-state index is -4.22. The molecule has 0 aliphatic carbocycles. The number of ether oxygens (including phenoxy) is 2. The molecule has 3 aromatic rings. The monoisotopic (exact) mass is 444 g/mol. The Morgan fingerprint density at radius 1 is 0.968 bits per heavy atom. The fourth-order valence-corrected chi connectivity index (χ4v) is 3.99. The number of nitrogens with one attached hydrogen (secondary N) is 2. The lowest BCUT2D eigenvalue weighted by Crippen LogP contribution is -2.24. The Morgan fingerprint density at radius 2 is 1.65 bits per heavy atom. The summed E-state index contributed by atoms with van der Waals surface area (Å²) in [6.45, 7) is 0.232. The third-order valence-corrected chi connectivity index (χ3v) is 5.77. The molecule has 9 heteroatoms. The van der Waals surface area contributed by atoms with E-state index >= 15 is 0 Å². The van der Waals surface area contributed by atoms with Crippen LogP contribution < -0.4 is 19.5 Å². The molecule has 0 aliphatic heterocycles. The van der Waals surface area contributed by atoms with Crippen molar-refractivity contribution in [3.63, 3.8) is 0 Å². The summed E-state index contributed by atoms with van der Waals surface area (Å²) in [5.41, 5.74) is 0.617. The van der Waals surface area contributed by atoms with E-state index < -0.39 is 21.7 Å². The topological polar surface area (TPSA) is 93.7 Å². The predicted molar refractivity (Wildman–Crippen MR) is 114 cm³/mol. The van der Waals surface area contributed by atoms with Crippen LogP contribution in [0, 0.1) is 5.82 Å². The first-order valence-electron chi connectivity index (χ1n) is 9.21. The van der Waals surface area contributed by atoms with Crippen molar-refractivity contribution in [3.8, 4) is 11.5 Å². The molecule has 1 amide bonds. The average Bonchev–Trinajstić information content (AvgIpc) is 2.78. The van der Waals surface area contributed by atoms with E-state index in [1.54, 1.807) is 0 Å². The number of anilines is 1. The van der Waals surface area contributed by atoms with Crippen LogP contribution in [-0.4, -0.2) is 28.5 Å². The maximum atomic E-state index is 13.9. The number of benzene rings is 3. The molecular formula is C22H21FN2O5S. The molecule has 31 heavy (non-hydrogen) atoms. The molecule has 0 saturated heterocycles. The van der Waals surface area contributed by atoms with Crippen LogP contribution in [0.1, 0.15) is 15.9 Å². The number of carbonyl (C=O) groups excluding carboxylic acids is 1. The summed E-state index contributed by atoms with van der Waals surface area (Å²) >= 11 is 0. The third kappa shape index (κ3) is 5.13. The van der Waals surface area contributed by atoms with Crippen LogP contribution in [0.15, 0.2) is 71.6 Å². The lowest BCUT2D eigenvalue weighted by molar-refractivity contribution is 0.0947. The molecular weight excluding hydrogens is 423 g/mol. The van der Waals surface area contributed by atoms with Crippen molar-refractivity contribution in [1.82, 2.24) is 5.32 Å². The van der Waals surface area contributed by atoms with Crippen molar-refractivity contribution in [3.05, 3.63) is 83.7 Å². The fourth-order valence-electron chi connectivity index (χ4n) is 2.88. The Morgan fingerprint density at radius 3 is 2.29 bits per heavy atom. The van der Waals surface area contributed by atoms with Gasteiger partial charge in [-0.2, -0.15) is 0 Å². The standard InChI is InChI=1S/C22H21FN2O5S/c1-29-20-13-16(31(27,28)25-19-11-7-6-10-18(19)23)12-17(21(20)30-2)22(26)24-14-15-8-4-3-5-9-15/h3-13,25H,14H2,1-2H3,(H,24,26). The number of sulfonamides is 1. The van der Waals surface area contributed by atoms with Gasteiger partial charge in [-0.05, 0) is 23.8 Å². The van der Waals surface area contributed by atoms with Crippen LogP contribution in [0.4, 0.5) is 10.1 Å². The summed E-state index contributed by atoms with van der Waals surface area (Å²) in [6, 6.07) is 17.0. The Hall–Kier alpha value is -3.59. The molecule has 0 unspecified atom stereocenters. The van der Waals surface area contributed by atoms with Crippen molar-refractivity contribution in [2.24, 2.45) is 0 Å². The predicted octanol–water partition coefficient (Wildman–Crippen LogP) is 3.57. The average molecular weight is 444 g/mol. The van der Waals surface area contributed by atoms with Crippen molar-refractivity contribution in [2.45, 2.75) is 11.4 Å². The number of hydrogen-bond donors (Lipinski definition) is 2. The highest BCUT2D eigenvalue weighted by Gasteiger charge is 2.24. The Labute approximate surface area is 179 Å². The molecule has 0 bridgehead atoms. The molecule has 0 atom stereocenters. The number of halogens is 1. The molecule has 0 saturated carbocycles. The van der Waals surface area contributed by atoms with Gasteiger partial charge in [-0.25, -0.2) is 12.8 Å². The molecule has 7 nitrogen and oxygen atoms in total. The summed E-state index contributed by atoms with van der Waals surface area (Å²) < 4.78 is 52.4. The van der Waals surface area contributed by atoms with E-state index in [1.807, 2.05) is 30.3 Å². The van der Waals surface area contributed by atoms with Gasteiger partial charge in [-0.15, -0.1) is 0 Å². The third-order valence-electron chi connectivity index (χ3n) is 4.42. The number of hydrogen-bond acceptors (Lipinski definition) is 5.